The van der Waals surface area contributed by atoms with Crippen LogP contribution in [0.5, 0.6) is 0 Å². The van der Waals surface area contributed by atoms with Crippen molar-refractivity contribution in [2.24, 2.45) is 0 Å². The number of ether oxygens (including phenoxy) is 1. The quantitative estimate of drug-likeness (QED) is 0.873. The number of hydrogen-bond donors (Lipinski definition) is 1. The highest BCUT2D eigenvalue weighted by molar-refractivity contribution is 7.89. The summed E-state index contributed by atoms with van der Waals surface area (Å²) in [5.41, 5.74) is 0. The molecular weight excluding hydrogens is 330 g/mol. The molecule has 2 rings (SSSR count). The Labute approximate surface area is 133 Å². The fourth-order valence-corrected chi connectivity index (χ4v) is 4.36. The van der Waals surface area contributed by atoms with Crippen LogP contribution in [0.1, 0.15) is 15.9 Å². The van der Waals surface area contributed by atoms with E-state index in [1.807, 2.05) is 19.1 Å². The van der Waals surface area contributed by atoms with E-state index < -0.39 is 10.0 Å². The molecule has 21 heavy (non-hydrogen) atoms. The van der Waals surface area contributed by atoms with Crippen molar-refractivity contribution in [2.75, 3.05) is 13.7 Å². The van der Waals surface area contributed by atoms with Crippen molar-refractivity contribution >= 4 is 33.0 Å². The fourth-order valence-electron chi connectivity index (χ4n) is 1.85. The second kappa shape index (κ2) is 6.89. The average Bonchev–Trinajstić information content (AvgIpc) is 2.86. The predicted octanol–water partition coefficient (Wildman–Crippen LogP) is 3.38. The third-order valence-electron chi connectivity index (χ3n) is 2.95. The smallest absolute Gasteiger partial charge is 0.242 e. The maximum atomic E-state index is 12.3. The van der Waals surface area contributed by atoms with Crippen molar-refractivity contribution in [3.63, 3.8) is 0 Å². The zero-order chi connectivity index (χ0) is 15.5. The molecule has 1 N–H and O–H groups in total. The van der Waals surface area contributed by atoms with Gasteiger partial charge in [-0.05, 0) is 31.2 Å². The van der Waals surface area contributed by atoms with Gasteiger partial charge in [-0.1, -0.05) is 23.7 Å². The lowest BCUT2D eigenvalue weighted by atomic mass is 10.3. The minimum atomic E-state index is -3.65. The Morgan fingerprint density at radius 3 is 2.57 bits per heavy atom. The van der Waals surface area contributed by atoms with Crippen molar-refractivity contribution in [2.45, 2.75) is 17.9 Å². The van der Waals surface area contributed by atoms with Gasteiger partial charge >= 0.3 is 0 Å². The number of halogens is 1. The summed E-state index contributed by atoms with van der Waals surface area (Å²) in [4.78, 5) is 2.21. The number of methoxy groups -OCH3 is 1. The first-order chi connectivity index (χ1) is 9.94. The Balaban J connectivity index is 2.12. The third-order valence-corrected chi connectivity index (χ3v) is 5.96. The van der Waals surface area contributed by atoms with Crippen LogP contribution in [-0.4, -0.2) is 22.1 Å². The highest BCUT2D eigenvalue weighted by atomic mass is 35.5. The normalized spacial score (nSPS) is 13.3. The summed E-state index contributed by atoms with van der Waals surface area (Å²) < 4.78 is 32.4. The van der Waals surface area contributed by atoms with Gasteiger partial charge in [0, 0.05) is 23.4 Å². The molecule has 0 unspecified atom stereocenters. The highest BCUT2D eigenvalue weighted by Crippen LogP contribution is 2.26. The lowest BCUT2D eigenvalue weighted by molar-refractivity contribution is 0.110. The molecule has 0 saturated carbocycles. The van der Waals surface area contributed by atoms with E-state index in [9.17, 15) is 8.42 Å². The zero-order valence-corrected chi connectivity index (χ0v) is 14.1. The second-order valence-electron chi connectivity index (χ2n) is 4.46. The molecule has 0 radical (unpaired) electrons. The number of sulfonamides is 1. The monoisotopic (exact) mass is 345 g/mol. The van der Waals surface area contributed by atoms with Crippen molar-refractivity contribution in [1.82, 2.24) is 4.72 Å². The molecule has 0 aliphatic heterocycles. The number of aryl methyl sites for hydroxylation is 1. The van der Waals surface area contributed by atoms with E-state index in [0.29, 0.717) is 0 Å². The van der Waals surface area contributed by atoms with Crippen LogP contribution in [0.25, 0.3) is 0 Å². The van der Waals surface area contributed by atoms with Crippen molar-refractivity contribution in [3.8, 4) is 0 Å². The van der Waals surface area contributed by atoms with Crippen LogP contribution in [0, 0.1) is 6.92 Å². The summed E-state index contributed by atoms with van der Waals surface area (Å²) in [5.74, 6) is 0. The summed E-state index contributed by atoms with van der Waals surface area (Å²) in [7, 11) is -2.10. The van der Waals surface area contributed by atoms with Gasteiger partial charge in [0.1, 0.15) is 11.0 Å². The molecule has 0 aliphatic carbocycles. The molecule has 0 aliphatic rings. The van der Waals surface area contributed by atoms with Gasteiger partial charge in [0.2, 0.25) is 10.0 Å². The fraction of sp³-hybridized carbons (Fsp3) is 0.286. The molecule has 7 heteroatoms. The molecule has 1 aromatic carbocycles. The standard InChI is InChI=1S/C14H16ClNO3S2/c1-10-7-8-13(20-10)12(19-2)9-16-21(17,18)14-6-4-3-5-11(14)15/h3-8,12,16H,9H2,1-2H3/t12-/m0/s1. The average molecular weight is 346 g/mol. The molecule has 4 nitrogen and oxygen atoms in total. The van der Waals surface area contributed by atoms with Gasteiger partial charge in [-0.15, -0.1) is 11.3 Å². The summed E-state index contributed by atoms with van der Waals surface area (Å²) in [5, 5.41) is 0.200. The maximum absolute atomic E-state index is 12.3. The van der Waals surface area contributed by atoms with Crippen LogP contribution in [0.4, 0.5) is 0 Å². The summed E-state index contributed by atoms with van der Waals surface area (Å²) in [6.45, 7) is 2.15. The van der Waals surface area contributed by atoms with E-state index in [1.54, 1.807) is 36.6 Å². The minimum absolute atomic E-state index is 0.0730. The van der Waals surface area contributed by atoms with Gasteiger partial charge in [-0.3, -0.25) is 0 Å². The first kappa shape index (κ1) is 16.5. The zero-order valence-electron chi connectivity index (χ0n) is 11.7. The van der Waals surface area contributed by atoms with Gasteiger partial charge in [0.05, 0.1) is 5.02 Å². The van der Waals surface area contributed by atoms with Crippen molar-refractivity contribution < 1.29 is 13.2 Å². The summed E-state index contributed by atoms with van der Waals surface area (Å²) in [6, 6.07) is 10.3. The Morgan fingerprint density at radius 1 is 1.29 bits per heavy atom. The topological polar surface area (TPSA) is 55.4 Å². The van der Waals surface area contributed by atoms with Crippen LogP contribution in [0.3, 0.4) is 0 Å². The third kappa shape index (κ3) is 4.05. The van der Waals surface area contributed by atoms with E-state index in [2.05, 4.69) is 4.72 Å². The van der Waals surface area contributed by atoms with Gasteiger partial charge in [-0.2, -0.15) is 0 Å². The van der Waals surface area contributed by atoms with E-state index in [0.717, 1.165) is 9.75 Å². The minimum Gasteiger partial charge on any atom is -0.375 e. The van der Waals surface area contributed by atoms with Crippen molar-refractivity contribution in [1.29, 1.82) is 0 Å². The highest BCUT2D eigenvalue weighted by Gasteiger charge is 2.20. The van der Waals surface area contributed by atoms with Gasteiger partial charge in [0.25, 0.3) is 0 Å². The molecular formula is C14H16ClNO3S2. The molecule has 0 bridgehead atoms. The van der Waals surface area contributed by atoms with Crippen LogP contribution in [0.2, 0.25) is 5.02 Å². The van der Waals surface area contributed by atoms with Crippen LogP contribution in [-0.2, 0) is 14.8 Å². The van der Waals surface area contributed by atoms with E-state index in [1.165, 1.54) is 6.07 Å². The van der Waals surface area contributed by atoms with Crippen LogP contribution < -0.4 is 4.72 Å². The first-order valence-corrected chi connectivity index (χ1v) is 8.95. The maximum Gasteiger partial charge on any atom is 0.242 e. The largest absolute Gasteiger partial charge is 0.375 e. The lowest BCUT2D eigenvalue weighted by Crippen LogP contribution is -2.29. The predicted molar refractivity (Wildman–Crippen MR) is 85.4 cm³/mol. The summed E-state index contributed by atoms with van der Waals surface area (Å²) >= 11 is 7.51. The van der Waals surface area contributed by atoms with E-state index >= 15 is 0 Å². The second-order valence-corrected chi connectivity index (χ2v) is 7.92. The molecule has 1 heterocycles. The summed E-state index contributed by atoms with van der Waals surface area (Å²) in [6.07, 6.45) is -0.319. The Bertz CT molecular complexity index is 713. The number of thiophene rings is 1. The SMILES string of the molecule is CO[C@@H](CNS(=O)(=O)c1ccccc1Cl)c1ccc(C)s1. The molecule has 0 spiro atoms. The molecule has 0 saturated heterocycles. The van der Waals surface area contributed by atoms with Gasteiger partial charge in [-0.25, -0.2) is 13.1 Å². The first-order valence-electron chi connectivity index (χ1n) is 6.27. The number of rotatable bonds is 6. The van der Waals surface area contributed by atoms with Gasteiger partial charge in [0.15, 0.2) is 0 Å². The lowest BCUT2D eigenvalue weighted by Gasteiger charge is -2.15. The van der Waals surface area contributed by atoms with Crippen LogP contribution >= 0.6 is 22.9 Å². The number of hydrogen-bond acceptors (Lipinski definition) is 4. The van der Waals surface area contributed by atoms with E-state index in [-0.39, 0.29) is 22.6 Å². The van der Waals surface area contributed by atoms with Gasteiger partial charge < -0.3 is 4.74 Å². The molecule has 0 amide bonds. The molecule has 1 aromatic heterocycles. The number of benzene rings is 1. The van der Waals surface area contributed by atoms with Crippen LogP contribution in [0.15, 0.2) is 41.3 Å². The molecule has 1 atom stereocenters. The molecule has 114 valence electrons. The van der Waals surface area contributed by atoms with Crippen molar-refractivity contribution in [3.05, 3.63) is 51.2 Å². The Morgan fingerprint density at radius 2 is 2.00 bits per heavy atom. The molecule has 0 fully saturated rings. The Hall–Kier alpha value is -0.920. The Kier molecular flexibility index (Phi) is 5.40. The van der Waals surface area contributed by atoms with E-state index in [4.69, 9.17) is 16.3 Å². The molecule has 2 aromatic rings. The number of nitrogens with one attached hydrogen (secondary N) is 1.